The second-order valence-electron chi connectivity index (χ2n) is 4.15. The SMILES string of the molecule is CCOC(=O)C1CCC(C(=O)C(=O)C=O)CC1. The summed E-state index contributed by atoms with van der Waals surface area (Å²) in [6, 6.07) is 0. The second kappa shape index (κ2) is 6.27. The average Bonchev–Trinajstić information content (AvgIpc) is 2.37. The van der Waals surface area contributed by atoms with E-state index >= 15 is 0 Å². The summed E-state index contributed by atoms with van der Waals surface area (Å²) in [6.07, 6.45) is 2.09. The lowest BCUT2D eigenvalue weighted by Crippen LogP contribution is -2.31. The summed E-state index contributed by atoms with van der Waals surface area (Å²) in [6.45, 7) is 2.09. The van der Waals surface area contributed by atoms with Gasteiger partial charge in [0.15, 0.2) is 6.29 Å². The lowest BCUT2D eigenvalue weighted by atomic mass is 9.79. The van der Waals surface area contributed by atoms with Gasteiger partial charge in [-0.05, 0) is 32.6 Å². The van der Waals surface area contributed by atoms with Crippen molar-refractivity contribution in [2.45, 2.75) is 32.6 Å². The summed E-state index contributed by atoms with van der Waals surface area (Å²) in [4.78, 5) is 44.0. The van der Waals surface area contributed by atoms with Gasteiger partial charge >= 0.3 is 5.97 Å². The molecule has 1 fully saturated rings. The van der Waals surface area contributed by atoms with Crippen molar-refractivity contribution in [2.75, 3.05) is 6.61 Å². The molecule has 0 bridgehead atoms. The highest BCUT2D eigenvalue weighted by atomic mass is 16.5. The summed E-state index contributed by atoms with van der Waals surface area (Å²) >= 11 is 0. The number of ketones is 2. The van der Waals surface area contributed by atoms with Crippen LogP contribution in [0.1, 0.15) is 32.6 Å². The maximum Gasteiger partial charge on any atom is 0.308 e. The zero-order valence-corrected chi connectivity index (χ0v) is 9.81. The predicted octanol–water partition coefficient (Wildman–Crippen LogP) is 0.693. The first-order valence-electron chi connectivity index (χ1n) is 5.80. The van der Waals surface area contributed by atoms with Gasteiger partial charge in [0.25, 0.3) is 5.78 Å². The summed E-state index contributed by atoms with van der Waals surface area (Å²) in [5.74, 6) is -2.41. The minimum absolute atomic E-state index is 0.0553. The van der Waals surface area contributed by atoms with Crippen LogP contribution in [0.3, 0.4) is 0 Å². The van der Waals surface area contributed by atoms with Gasteiger partial charge in [-0.25, -0.2) is 0 Å². The van der Waals surface area contributed by atoms with Gasteiger partial charge in [-0.2, -0.15) is 0 Å². The summed E-state index contributed by atoms with van der Waals surface area (Å²) in [5, 5.41) is 0. The fourth-order valence-electron chi connectivity index (χ4n) is 2.11. The van der Waals surface area contributed by atoms with Gasteiger partial charge in [0, 0.05) is 5.92 Å². The maximum atomic E-state index is 11.4. The number of hydrogen-bond acceptors (Lipinski definition) is 5. The van der Waals surface area contributed by atoms with Crippen molar-refractivity contribution in [1.29, 1.82) is 0 Å². The molecule has 1 aliphatic carbocycles. The Labute approximate surface area is 99.5 Å². The predicted molar refractivity (Wildman–Crippen MR) is 58.2 cm³/mol. The molecule has 5 heteroatoms. The molecule has 1 rings (SSSR count). The highest BCUT2D eigenvalue weighted by molar-refractivity contribution is 6.58. The summed E-state index contributed by atoms with van der Waals surface area (Å²) in [7, 11) is 0. The van der Waals surface area contributed by atoms with Gasteiger partial charge in [0.2, 0.25) is 5.78 Å². The second-order valence-corrected chi connectivity index (χ2v) is 4.15. The molecular weight excluding hydrogens is 224 g/mol. The van der Waals surface area contributed by atoms with Gasteiger partial charge in [-0.15, -0.1) is 0 Å². The van der Waals surface area contributed by atoms with E-state index in [2.05, 4.69) is 0 Å². The normalized spacial score (nSPS) is 23.8. The summed E-state index contributed by atoms with van der Waals surface area (Å²) < 4.78 is 4.90. The number of carbonyl (C=O) groups is 4. The number of rotatable bonds is 5. The number of carbonyl (C=O) groups excluding carboxylic acids is 4. The molecule has 1 saturated carbocycles. The van der Waals surface area contributed by atoms with E-state index in [9.17, 15) is 19.2 Å². The highest BCUT2D eigenvalue weighted by Gasteiger charge is 2.32. The van der Waals surface area contributed by atoms with Crippen LogP contribution >= 0.6 is 0 Å². The quantitative estimate of drug-likeness (QED) is 0.306. The van der Waals surface area contributed by atoms with Crippen molar-refractivity contribution in [3.8, 4) is 0 Å². The molecule has 0 aromatic carbocycles. The minimum Gasteiger partial charge on any atom is -0.466 e. The largest absolute Gasteiger partial charge is 0.466 e. The number of aldehydes is 1. The van der Waals surface area contributed by atoms with E-state index in [4.69, 9.17) is 4.74 Å². The van der Waals surface area contributed by atoms with Gasteiger partial charge in [0.05, 0.1) is 12.5 Å². The Hall–Kier alpha value is -1.52. The molecule has 0 atom stereocenters. The summed E-state index contributed by atoms with van der Waals surface area (Å²) in [5.41, 5.74) is 0. The Balaban J connectivity index is 2.45. The molecule has 5 nitrogen and oxygen atoms in total. The van der Waals surface area contributed by atoms with Crippen LogP contribution in [0.4, 0.5) is 0 Å². The molecule has 17 heavy (non-hydrogen) atoms. The zero-order valence-electron chi connectivity index (χ0n) is 9.81. The number of hydrogen-bond donors (Lipinski definition) is 0. The molecule has 0 aromatic heterocycles. The third kappa shape index (κ3) is 3.47. The van der Waals surface area contributed by atoms with E-state index in [-0.39, 0.29) is 18.2 Å². The number of esters is 1. The molecular formula is C12H16O5. The van der Waals surface area contributed by atoms with Gasteiger partial charge < -0.3 is 4.74 Å². The third-order valence-corrected chi connectivity index (χ3v) is 3.07. The molecule has 0 radical (unpaired) electrons. The monoisotopic (exact) mass is 240 g/mol. The first-order chi connectivity index (χ1) is 8.10. The Morgan fingerprint density at radius 2 is 1.65 bits per heavy atom. The number of ether oxygens (including phenoxy) is 1. The van der Waals surface area contributed by atoms with Gasteiger partial charge in [-0.3, -0.25) is 19.2 Å². The minimum atomic E-state index is -0.968. The fraction of sp³-hybridized carbons (Fsp3) is 0.667. The smallest absolute Gasteiger partial charge is 0.308 e. The van der Waals surface area contributed by atoms with Crippen LogP contribution < -0.4 is 0 Å². The molecule has 0 amide bonds. The topological polar surface area (TPSA) is 77.5 Å². The van der Waals surface area contributed by atoms with E-state index in [0.29, 0.717) is 32.3 Å². The molecule has 0 aliphatic heterocycles. The Kier molecular flexibility index (Phi) is 5.00. The van der Waals surface area contributed by atoms with Crippen LogP contribution in [0, 0.1) is 11.8 Å². The third-order valence-electron chi connectivity index (χ3n) is 3.07. The Morgan fingerprint density at radius 3 is 2.12 bits per heavy atom. The molecule has 94 valence electrons. The van der Waals surface area contributed by atoms with Crippen LogP contribution in [0.5, 0.6) is 0 Å². The zero-order chi connectivity index (χ0) is 12.8. The van der Waals surface area contributed by atoms with Crippen molar-refractivity contribution in [2.24, 2.45) is 11.8 Å². The van der Waals surface area contributed by atoms with Crippen molar-refractivity contribution < 1.29 is 23.9 Å². The lowest BCUT2D eigenvalue weighted by molar-refractivity contribution is -0.150. The Morgan fingerprint density at radius 1 is 1.12 bits per heavy atom. The Bertz CT molecular complexity index is 326. The number of Topliss-reactive ketones (excluding diaryl/α,β-unsaturated/α-hetero) is 2. The van der Waals surface area contributed by atoms with Crippen molar-refractivity contribution in [1.82, 2.24) is 0 Å². The van der Waals surface area contributed by atoms with Crippen LogP contribution in [0.25, 0.3) is 0 Å². The van der Waals surface area contributed by atoms with E-state index < -0.39 is 17.5 Å². The van der Waals surface area contributed by atoms with E-state index in [1.54, 1.807) is 6.92 Å². The van der Waals surface area contributed by atoms with Crippen molar-refractivity contribution in [3.05, 3.63) is 0 Å². The van der Waals surface area contributed by atoms with Gasteiger partial charge in [0.1, 0.15) is 0 Å². The lowest BCUT2D eigenvalue weighted by Gasteiger charge is -2.25. The van der Waals surface area contributed by atoms with Crippen LogP contribution in [0.15, 0.2) is 0 Å². The molecule has 0 spiro atoms. The molecule has 0 saturated heterocycles. The average molecular weight is 240 g/mol. The molecule has 0 heterocycles. The van der Waals surface area contributed by atoms with Crippen LogP contribution in [-0.2, 0) is 23.9 Å². The molecule has 0 aromatic rings. The van der Waals surface area contributed by atoms with Crippen molar-refractivity contribution >= 4 is 23.8 Å². The maximum absolute atomic E-state index is 11.4. The fourth-order valence-corrected chi connectivity index (χ4v) is 2.11. The van der Waals surface area contributed by atoms with Crippen molar-refractivity contribution in [3.63, 3.8) is 0 Å². The molecule has 0 unspecified atom stereocenters. The molecule has 1 aliphatic rings. The van der Waals surface area contributed by atoms with E-state index in [1.807, 2.05) is 0 Å². The van der Waals surface area contributed by atoms with E-state index in [0.717, 1.165) is 0 Å². The first-order valence-corrected chi connectivity index (χ1v) is 5.80. The first kappa shape index (κ1) is 13.5. The van der Waals surface area contributed by atoms with Crippen LogP contribution in [0.2, 0.25) is 0 Å². The molecule has 0 N–H and O–H groups in total. The van der Waals surface area contributed by atoms with Gasteiger partial charge in [-0.1, -0.05) is 0 Å². The van der Waals surface area contributed by atoms with Crippen LogP contribution in [-0.4, -0.2) is 30.4 Å². The van der Waals surface area contributed by atoms with E-state index in [1.165, 1.54) is 0 Å². The standard InChI is InChI=1S/C12H16O5/c1-2-17-12(16)9-5-3-8(4-6-9)11(15)10(14)7-13/h7-9H,2-6H2,1H3. The highest BCUT2D eigenvalue weighted by Crippen LogP contribution is 2.30.